The first-order valence-electron chi connectivity index (χ1n) is 11.2. The number of nitrogens with one attached hydrogen (secondary N) is 2. The molecule has 0 aliphatic carbocycles. The Morgan fingerprint density at radius 2 is 1.81 bits per heavy atom. The highest BCUT2D eigenvalue weighted by Crippen LogP contribution is 2.23. The molecular formula is C25H24F2N8O. The molecule has 36 heavy (non-hydrogen) atoms. The SMILES string of the molecule is C[C@@H](CNC(C(=O)Nc1ccc(-c2cnn(C(F)F)c2)cn1)c1cnn(C)c1)c1ccc(C#N)cc1. The summed E-state index contributed by atoms with van der Waals surface area (Å²) >= 11 is 0. The third-order valence-electron chi connectivity index (χ3n) is 5.71. The molecular weight excluding hydrogens is 466 g/mol. The zero-order valence-electron chi connectivity index (χ0n) is 19.6. The fourth-order valence-corrected chi connectivity index (χ4v) is 3.68. The molecule has 2 atom stereocenters. The molecule has 3 heterocycles. The molecule has 4 rings (SSSR count). The molecule has 9 nitrogen and oxygen atoms in total. The predicted octanol–water partition coefficient (Wildman–Crippen LogP) is 4.02. The van der Waals surface area contributed by atoms with Gasteiger partial charge in [0, 0.05) is 48.9 Å². The summed E-state index contributed by atoms with van der Waals surface area (Å²) in [6.07, 6.45) is 7.44. The van der Waals surface area contributed by atoms with E-state index < -0.39 is 12.6 Å². The van der Waals surface area contributed by atoms with Crippen LogP contribution in [0.3, 0.4) is 0 Å². The maximum absolute atomic E-state index is 13.2. The number of nitrogens with zero attached hydrogens (tertiary/aromatic N) is 6. The molecule has 1 unspecified atom stereocenters. The number of hydrogen-bond donors (Lipinski definition) is 2. The van der Waals surface area contributed by atoms with Gasteiger partial charge in [-0.1, -0.05) is 19.1 Å². The van der Waals surface area contributed by atoms with Crippen LogP contribution in [0.2, 0.25) is 0 Å². The number of rotatable bonds is 9. The zero-order chi connectivity index (χ0) is 25.7. The largest absolute Gasteiger partial charge is 0.333 e. The number of nitriles is 1. The molecule has 4 aromatic rings. The number of carbonyl (C=O) groups excluding carboxylic acids is 1. The van der Waals surface area contributed by atoms with Crippen molar-refractivity contribution in [3.05, 3.63) is 84.1 Å². The van der Waals surface area contributed by atoms with Crippen molar-refractivity contribution >= 4 is 11.7 Å². The van der Waals surface area contributed by atoms with Crippen LogP contribution in [0.15, 0.2) is 67.4 Å². The first-order valence-corrected chi connectivity index (χ1v) is 11.2. The Kier molecular flexibility index (Phi) is 7.46. The first-order chi connectivity index (χ1) is 17.3. The van der Waals surface area contributed by atoms with Gasteiger partial charge < -0.3 is 10.6 Å². The van der Waals surface area contributed by atoms with Gasteiger partial charge in [-0.3, -0.25) is 9.48 Å². The molecule has 0 aliphatic heterocycles. The van der Waals surface area contributed by atoms with Gasteiger partial charge in [-0.15, -0.1) is 0 Å². The molecule has 0 fully saturated rings. The lowest BCUT2D eigenvalue weighted by Crippen LogP contribution is -2.35. The number of alkyl halides is 2. The minimum Gasteiger partial charge on any atom is -0.309 e. The summed E-state index contributed by atoms with van der Waals surface area (Å²) in [6.45, 7) is -0.190. The maximum atomic E-state index is 13.2. The Balaban J connectivity index is 1.45. The van der Waals surface area contributed by atoms with Crippen LogP contribution in [0.1, 0.15) is 42.1 Å². The Hall–Kier alpha value is -4.43. The minimum atomic E-state index is -2.72. The summed E-state index contributed by atoms with van der Waals surface area (Å²) < 4.78 is 27.7. The van der Waals surface area contributed by atoms with Gasteiger partial charge in [0.2, 0.25) is 5.91 Å². The van der Waals surface area contributed by atoms with Crippen molar-refractivity contribution in [3.63, 3.8) is 0 Å². The van der Waals surface area contributed by atoms with E-state index in [-0.39, 0.29) is 11.8 Å². The molecule has 1 aromatic carbocycles. The molecule has 0 saturated carbocycles. The van der Waals surface area contributed by atoms with E-state index in [1.165, 1.54) is 18.6 Å². The normalized spacial score (nSPS) is 12.8. The lowest BCUT2D eigenvalue weighted by Gasteiger charge is -2.20. The van der Waals surface area contributed by atoms with E-state index >= 15 is 0 Å². The Morgan fingerprint density at radius 3 is 2.39 bits per heavy atom. The second kappa shape index (κ2) is 10.9. The predicted molar refractivity (Wildman–Crippen MR) is 129 cm³/mol. The lowest BCUT2D eigenvalue weighted by atomic mass is 9.99. The van der Waals surface area contributed by atoms with Crippen molar-refractivity contribution in [2.45, 2.75) is 25.4 Å². The van der Waals surface area contributed by atoms with Crippen molar-refractivity contribution in [1.29, 1.82) is 5.26 Å². The molecule has 1 amide bonds. The highest BCUT2D eigenvalue weighted by molar-refractivity contribution is 5.94. The molecule has 2 N–H and O–H groups in total. The molecule has 0 radical (unpaired) electrons. The van der Waals surface area contributed by atoms with Gasteiger partial charge in [0.15, 0.2) is 0 Å². The van der Waals surface area contributed by atoms with Gasteiger partial charge in [-0.2, -0.15) is 24.2 Å². The standard InChI is InChI=1S/C25H24F2N8O/c1-16(18-5-3-17(9-28)4-6-18)10-30-23(21-13-31-34(2)14-21)24(36)33-22-8-7-19(11-29-22)20-12-32-35(15-20)25(26)27/h3-8,11-16,23,25,30H,10H2,1-2H3,(H,29,33,36)/t16-,23?/m0/s1. The van der Waals surface area contributed by atoms with E-state index in [0.29, 0.717) is 39.3 Å². The van der Waals surface area contributed by atoms with Gasteiger partial charge in [0.1, 0.15) is 11.9 Å². The summed E-state index contributed by atoms with van der Waals surface area (Å²) in [4.78, 5) is 17.5. The van der Waals surface area contributed by atoms with E-state index in [2.05, 4.69) is 31.9 Å². The van der Waals surface area contributed by atoms with Gasteiger partial charge in [0.05, 0.1) is 24.0 Å². The van der Waals surface area contributed by atoms with E-state index in [9.17, 15) is 13.6 Å². The number of carbonyl (C=O) groups is 1. The zero-order valence-corrected chi connectivity index (χ0v) is 19.6. The van der Waals surface area contributed by atoms with Gasteiger partial charge in [-0.05, 0) is 35.7 Å². The van der Waals surface area contributed by atoms with Crippen molar-refractivity contribution < 1.29 is 13.6 Å². The van der Waals surface area contributed by atoms with E-state index in [0.717, 1.165) is 5.56 Å². The monoisotopic (exact) mass is 490 g/mol. The van der Waals surface area contributed by atoms with Crippen molar-refractivity contribution in [1.82, 2.24) is 29.9 Å². The van der Waals surface area contributed by atoms with Crippen molar-refractivity contribution in [3.8, 4) is 17.2 Å². The number of benzene rings is 1. The lowest BCUT2D eigenvalue weighted by molar-refractivity contribution is -0.118. The number of aryl methyl sites for hydroxylation is 1. The van der Waals surface area contributed by atoms with Gasteiger partial charge in [-0.25, -0.2) is 9.67 Å². The van der Waals surface area contributed by atoms with Gasteiger partial charge in [0.25, 0.3) is 0 Å². The van der Waals surface area contributed by atoms with Crippen molar-refractivity contribution in [2.75, 3.05) is 11.9 Å². The molecule has 0 bridgehead atoms. The van der Waals surface area contributed by atoms with Crippen LogP contribution < -0.4 is 10.6 Å². The molecule has 3 aromatic heterocycles. The number of anilines is 1. The average Bonchev–Trinajstić information content (AvgIpc) is 3.54. The summed E-state index contributed by atoms with van der Waals surface area (Å²) in [5.74, 6) is 0.0814. The topological polar surface area (TPSA) is 113 Å². The molecule has 0 aliphatic rings. The van der Waals surface area contributed by atoms with E-state index in [4.69, 9.17) is 5.26 Å². The van der Waals surface area contributed by atoms with Crippen LogP contribution in [0.5, 0.6) is 0 Å². The summed E-state index contributed by atoms with van der Waals surface area (Å²) in [6, 6.07) is 12.0. The van der Waals surface area contributed by atoms with E-state index in [1.807, 2.05) is 19.1 Å². The highest BCUT2D eigenvalue weighted by atomic mass is 19.3. The third-order valence-corrected chi connectivity index (χ3v) is 5.71. The smallest absolute Gasteiger partial charge is 0.309 e. The first kappa shape index (κ1) is 24.7. The van der Waals surface area contributed by atoms with Crippen LogP contribution in [-0.4, -0.2) is 37.0 Å². The number of aromatic nitrogens is 5. The maximum Gasteiger partial charge on any atom is 0.333 e. The van der Waals surface area contributed by atoms with Gasteiger partial charge >= 0.3 is 6.55 Å². The fraction of sp³-hybridized carbons (Fsp3) is 0.240. The molecule has 11 heteroatoms. The number of amides is 1. The Bertz CT molecular complexity index is 1360. The second-order valence-corrected chi connectivity index (χ2v) is 8.33. The Morgan fingerprint density at radius 1 is 1.03 bits per heavy atom. The average molecular weight is 491 g/mol. The van der Waals surface area contributed by atoms with E-state index in [1.54, 1.807) is 48.4 Å². The number of pyridine rings is 1. The van der Waals surface area contributed by atoms with Crippen molar-refractivity contribution in [2.24, 2.45) is 7.05 Å². The summed E-state index contributed by atoms with van der Waals surface area (Å²) in [7, 11) is 1.77. The number of halogens is 2. The quantitative estimate of drug-likeness (QED) is 0.366. The summed E-state index contributed by atoms with van der Waals surface area (Å²) in [5.41, 5.74) is 3.41. The Labute approximate surface area is 206 Å². The third kappa shape index (κ3) is 5.79. The summed E-state index contributed by atoms with van der Waals surface area (Å²) in [5, 5.41) is 22.9. The molecule has 184 valence electrons. The van der Waals surface area contributed by atoms with Crippen LogP contribution in [0.4, 0.5) is 14.6 Å². The minimum absolute atomic E-state index is 0.0799. The molecule has 0 spiro atoms. The fourth-order valence-electron chi connectivity index (χ4n) is 3.68. The van der Waals surface area contributed by atoms with Crippen LogP contribution in [0.25, 0.3) is 11.1 Å². The van der Waals surface area contributed by atoms with Crippen LogP contribution in [-0.2, 0) is 11.8 Å². The van der Waals surface area contributed by atoms with Crippen LogP contribution in [0, 0.1) is 11.3 Å². The highest BCUT2D eigenvalue weighted by Gasteiger charge is 2.23. The second-order valence-electron chi connectivity index (χ2n) is 8.33. The number of hydrogen-bond acceptors (Lipinski definition) is 6. The van der Waals surface area contributed by atoms with Crippen LogP contribution >= 0.6 is 0 Å². The molecule has 0 saturated heterocycles.